The average molecular weight is 337 g/mol. The maximum absolute atomic E-state index is 13.0. The predicted octanol–water partition coefficient (Wildman–Crippen LogP) is 4.24. The largest absolute Gasteiger partial charge is 0.494 e. The Labute approximate surface area is 139 Å². The van der Waals surface area contributed by atoms with E-state index in [1.54, 1.807) is 0 Å². The van der Waals surface area contributed by atoms with Gasteiger partial charge in [-0.3, -0.25) is 0 Å². The molecule has 2 amide bonds. The van der Waals surface area contributed by atoms with Crippen LogP contribution < -0.4 is 15.4 Å². The molecule has 0 spiro atoms. The Morgan fingerprint density at radius 3 is 2.61 bits per heavy atom. The molecule has 0 atom stereocenters. The molecule has 0 saturated heterocycles. The molecule has 0 unspecified atom stereocenters. The number of halogens is 2. The van der Waals surface area contributed by atoms with Gasteiger partial charge in [0.1, 0.15) is 11.6 Å². The van der Waals surface area contributed by atoms with Crippen molar-refractivity contribution in [3.05, 3.63) is 58.9 Å². The van der Waals surface area contributed by atoms with Crippen LogP contribution in [0.3, 0.4) is 0 Å². The highest BCUT2D eigenvalue weighted by Gasteiger charge is 2.04. The first-order chi connectivity index (χ1) is 11.1. The molecule has 0 radical (unpaired) electrons. The predicted molar refractivity (Wildman–Crippen MR) is 89.7 cm³/mol. The summed E-state index contributed by atoms with van der Waals surface area (Å²) in [6, 6.07) is 11.4. The van der Waals surface area contributed by atoms with Crippen LogP contribution in [0.15, 0.2) is 42.5 Å². The maximum Gasteiger partial charge on any atom is 0.319 e. The van der Waals surface area contributed by atoms with Gasteiger partial charge in [-0.2, -0.15) is 0 Å². The first-order valence-corrected chi connectivity index (χ1v) is 7.68. The SMILES string of the molecule is CCOc1ccc(CCNC(=O)Nc2ccc(F)c(Cl)c2)cc1. The fourth-order valence-corrected chi connectivity index (χ4v) is 2.17. The van der Waals surface area contributed by atoms with Gasteiger partial charge in [0.05, 0.1) is 11.6 Å². The minimum Gasteiger partial charge on any atom is -0.494 e. The number of hydrogen-bond acceptors (Lipinski definition) is 2. The molecule has 0 bridgehead atoms. The van der Waals surface area contributed by atoms with Crippen molar-refractivity contribution in [2.24, 2.45) is 0 Å². The summed E-state index contributed by atoms with van der Waals surface area (Å²) in [5.74, 6) is 0.309. The number of anilines is 1. The Hall–Kier alpha value is -2.27. The third kappa shape index (κ3) is 5.45. The second-order valence-electron chi connectivity index (χ2n) is 4.84. The molecule has 6 heteroatoms. The standard InChI is InChI=1S/C17H18ClFN2O2/c1-2-23-14-6-3-12(4-7-14)9-10-20-17(22)21-13-5-8-16(19)15(18)11-13/h3-8,11H,2,9-10H2,1H3,(H2,20,21,22). The van der Waals surface area contributed by atoms with Crippen molar-refractivity contribution in [2.45, 2.75) is 13.3 Å². The Balaban J connectivity index is 1.76. The lowest BCUT2D eigenvalue weighted by Gasteiger charge is -2.09. The van der Waals surface area contributed by atoms with E-state index in [1.165, 1.54) is 18.2 Å². The summed E-state index contributed by atoms with van der Waals surface area (Å²) < 4.78 is 18.4. The molecule has 2 aromatic rings. The number of carbonyl (C=O) groups is 1. The van der Waals surface area contributed by atoms with Gasteiger partial charge >= 0.3 is 6.03 Å². The Bertz CT molecular complexity index is 662. The summed E-state index contributed by atoms with van der Waals surface area (Å²) in [7, 11) is 0. The third-order valence-electron chi connectivity index (χ3n) is 3.11. The van der Waals surface area contributed by atoms with Gasteiger partial charge in [0, 0.05) is 12.2 Å². The van der Waals surface area contributed by atoms with Crippen molar-refractivity contribution in [1.29, 1.82) is 0 Å². The van der Waals surface area contributed by atoms with E-state index in [1.807, 2.05) is 31.2 Å². The van der Waals surface area contributed by atoms with Crippen molar-refractivity contribution < 1.29 is 13.9 Å². The lowest BCUT2D eigenvalue weighted by Crippen LogP contribution is -2.30. The molecule has 23 heavy (non-hydrogen) atoms. The van der Waals surface area contributed by atoms with Crippen molar-refractivity contribution >= 4 is 23.3 Å². The zero-order chi connectivity index (χ0) is 16.7. The molecule has 2 aromatic carbocycles. The van der Waals surface area contributed by atoms with Crippen LogP contribution in [0.2, 0.25) is 5.02 Å². The minimum absolute atomic E-state index is 0.0304. The fraction of sp³-hybridized carbons (Fsp3) is 0.235. The monoisotopic (exact) mass is 336 g/mol. The van der Waals surface area contributed by atoms with Crippen LogP contribution in [0, 0.1) is 5.82 Å². The van der Waals surface area contributed by atoms with E-state index in [-0.39, 0.29) is 11.1 Å². The highest BCUT2D eigenvalue weighted by molar-refractivity contribution is 6.31. The van der Waals surface area contributed by atoms with E-state index in [0.717, 1.165) is 11.3 Å². The van der Waals surface area contributed by atoms with Crippen molar-refractivity contribution in [2.75, 3.05) is 18.5 Å². The van der Waals surface area contributed by atoms with Gasteiger partial charge in [-0.15, -0.1) is 0 Å². The zero-order valence-electron chi connectivity index (χ0n) is 12.7. The second-order valence-corrected chi connectivity index (χ2v) is 5.24. The van der Waals surface area contributed by atoms with Crippen LogP contribution in [0.5, 0.6) is 5.75 Å². The average Bonchev–Trinajstić information content (AvgIpc) is 2.53. The normalized spacial score (nSPS) is 10.2. The Morgan fingerprint density at radius 2 is 1.96 bits per heavy atom. The van der Waals surface area contributed by atoms with Crippen LogP contribution in [0.1, 0.15) is 12.5 Å². The molecule has 0 aromatic heterocycles. The highest BCUT2D eigenvalue weighted by Crippen LogP contribution is 2.19. The molecule has 2 N–H and O–H groups in total. The van der Waals surface area contributed by atoms with Gasteiger partial charge in [0.15, 0.2) is 0 Å². The van der Waals surface area contributed by atoms with Crippen LogP contribution in [0.25, 0.3) is 0 Å². The Morgan fingerprint density at radius 1 is 1.22 bits per heavy atom. The van der Waals surface area contributed by atoms with Crippen molar-refractivity contribution in [3.63, 3.8) is 0 Å². The number of hydrogen-bond donors (Lipinski definition) is 2. The van der Waals surface area contributed by atoms with Crippen LogP contribution >= 0.6 is 11.6 Å². The summed E-state index contributed by atoms with van der Waals surface area (Å²) >= 11 is 5.66. The molecular formula is C17H18ClFN2O2. The quantitative estimate of drug-likeness (QED) is 0.828. The molecule has 0 saturated carbocycles. The topological polar surface area (TPSA) is 50.4 Å². The van der Waals surface area contributed by atoms with E-state index in [2.05, 4.69) is 10.6 Å². The van der Waals surface area contributed by atoms with Gasteiger partial charge < -0.3 is 15.4 Å². The van der Waals surface area contributed by atoms with Gasteiger partial charge in [0.25, 0.3) is 0 Å². The molecule has 0 fully saturated rings. The van der Waals surface area contributed by atoms with Crippen LogP contribution in [0.4, 0.5) is 14.9 Å². The number of benzene rings is 2. The molecule has 4 nitrogen and oxygen atoms in total. The number of nitrogens with one attached hydrogen (secondary N) is 2. The summed E-state index contributed by atoms with van der Waals surface area (Å²) in [4.78, 5) is 11.8. The number of rotatable bonds is 6. The summed E-state index contributed by atoms with van der Waals surface area (Å²) in [5, 5.41) is 5.31. The first-order valence-electron chi connectivity index (χ1n) is 7.30. The number of ether oxygens (including phenoxy) is 1. The Kier molecular flexibility index (Phi) is 6.23. The lowest BCUT2D eigenvalue weighted by molar-refractivity contribution is 0.252. The molecule has 0 aliphatic rings. The third-order valence-corrected chi connectivity index (χ3v) is 3.40. The van der Waals surface area contributed by atoms with E-state index in [9.17, 15) is 9.18 Å². The van der Waals surface area contributed by atoms with Crippen LogP contribution in [-0.2, 0) is 6.42 Å². The van der Waals surface area contributed by atoms with E-state index >= 15 is 0 Å². The van der Waals surface area contributed by atoms with Crippen LogP contribution in [-0.4, -0.2) is 19.2 Å². The zero-order valence-corrected chi connectivity index (χ0v) is 13.5. The molecule has 0 aliphatic carbocycles. The molecule has 2 rings (SSSR count). The van der Waals surface area contributed by atoms with Gasteiger partial charge in [-0.05, 0) is 49.2 Å². The second kappa shape index (κ2) is 8.39. The van der Waals surface area contributed by atoms with Crippen molar-refractivity contribution in [1.82, 2.24) is 5.32 Å². The lowest BCUT2D eigenvalue weighted by atomic mass is 10.1. The molecule has 0 heterocycles. The summed E-state index contributed by atoms with van der Waals surface area (Å²) in [5.41, 5.74) is 1.54. The van der Waals surface area contributed by atoms with Gasteiger partial charge in [-0.25, -0.2) is 9.18 Å². The molecule has 0 aliphatic heterocycles. The maximum atomic E-state index is 13.0. The van der Waals surface area contributed by atoms with E-state index < -0.39 is 5.82 Å². The van der Waals surface area contributed by atoms with E-state index in [4.69, 9.17) is 16.3 Å². The summed E-state index contributed by atoms with van der Waals surface area (Å²) in [6.07, 6.45) is 0.698. The number of carbonyl (C=O) groups excluding carboxylic acids is 1. The number of urea groups is 1. The van der Waals surface area contributed by atoms with Gasteiger partial charge in [-0.1, -0.05) is 23.7 Å². The van der Waals surface area contributed by atoms with Crippen molar-refractivity contribution in [3.8, 4) is 5.75 Å². The smallest absolute Gasteiger partial charge is 0.319 e. The molecular weight excluding hydrogens is 319 g/mol. The molecule has 122 valence electrons. The summed E-state index contributed by atoms with van der Waals surface area (Å²) in [6.45, 7) is 3.05. The fourth-order valence-electron chi connectivity index (χ4n) is 1.99. The number of amides is 2. The first kappa shape index (κ1) is 17.1. The highest BCUT2D eigenvalue weighted by atomic mass is 35.5. The van der Waals surface area contributed by atoms with Gasteiger partial charge in [0.2, 0.25) is 0 Å². The minimum atomic E-state index is -0.520. The van der Waals surface area contributed by atoms with E-state index in [0.29, 0.717) is 25.3 Å².